The summed E-state index contributed by atoms with van der Waals surface area (Å²) < 4.78 is 1.70. The highest BCUT2D eigenvalue weighted by atomic mass is 35.5. The van der Waals surface area contributed by atoms with Gasteiger partial charge in [-0.25, -0.2) is 0 Å². The Hall–Kier alpha value is -1.35. The van der Waals surface area contributed by atoms with Crippen molar-refractivity contribution in [2.75, 3.05) is 40.3 Å². The summed E-state index contributed by atoms with van der Waals surface area (Å²) in [6.07, 6.45) is 3.57. The number of aromatic nitrogens is 2. The molecule has 1 amide bonds. The minimum absolute atomic E-state index is 0. The van der Waals surface area contributed by atoms with Crippen molar-refractivity contribution in [3.8, 4) is 0 Å². The van der Waals surface area contributed by atoms with Crippen LogP contribution in [0.5, 0.6) is 0 Å². The number of nitrogens with one attached hydrogen (secondary N) is 2. The van der Waals surface area contributed by atoms with Crippen LogP contribution in [0.4, 0.5) is 0 Å². The van der Waals surface area contributed by atoms with Crippen LogP contribution in [0.15, 0.2) is 36.7 Å². The van der Waals surface area contributed by atoms with Gasteiger partial charge in [0.2, 0.25) is 5.91 Å². The molecule has 2 heterocycles. The fraction of sp³-hybridized carbons (Fsp3) is 0.500. The number of rotatable bonds is 7. The van der Waals surface area contributed by atoms with Crippen molar-refractivity contribution in [2.45, 2.75) is 19.1 Å². The zero-order valence-corrected chi connectivity index (χ0v) is 20.2. The summed E-state index contributed by atoms with van der Waals surface area (Å²) in [4.78, 5) is 17.3. The minimum Gasteiger partial charge on any atom is -0.350 e. The van der Waals surface area contributed by atoms with E-state index in [4.69, 9.17) is 0 Å². The van der Waals surface area contributed by atoms with Gasteiger partial charge in [-0.2, -0.15) is 5.10 Å². The lowest BCUT2D eigenvalue weighted by Gasteiger charge is -2.32. The third-order valence-corrected chi connectivity index (χ3v) is 5.10. The highest BCUT2D eigenvalue weighted by Gasteiger charge is 2.19. The number of nitrogens with zero attached hydrogens (tertiary/aromatic N) is 4. The first-order valence-corrected chi connectivity index (χ1v) is 9.47. The molecule has 1 aliphatic heterocycles. The Morgan fingerprint density at radius 1 is 1.03 bits per heavy atom. The van der Waals surface area contributed by atoms with E-state index in [1.54, 1.807) is 17.9 Å². The molecule has 2 N–H and O–H groups in total. The van der Waals surface area contributed by atoms with Crippen LogP contribution in [0.2, 0.25) is 0 Å². The number of hydrogen-bond donors (Lipinski definition) is 2. The highest BCUT2D eigenvalue weighted by molar-refractivity contribution is 5.86. The van der Waals surface area contributed by atoms with E-state index in [0.717, 1.165) is 43.9 Å². The fourth-order valence-electron chi connectivity index (χ4n) is 3.36. The molecule has 1 atom stereocenters. The van der Waals surface area contributed by atoms with Gasteiger partial charge in [0.1, 0.15) is 6.04 Å². The average Bonchev–Trinajstić information content (AvgIpc) is 3.09. The van der Waals surface area contributed by atoms with E-state index in [2.05, 4.69) is 56.8 Å². The maximum Gasteiger partial charge on any atom is 0.242 e. The lowest BCUT2D eigenvalue weighted by atomic mass is 10.1. The molecule has 0 saturated carbocycles. The number of carbonyl (C=O) groups excluding carboxylic acids is 1. The molecule has 7 nitrogen and oxygen atoms in total. The van der Waals surface area contributed by atoms with E-state index in [9.17, 15) is 4.79 Å². The van der Waals surface area contributed by atoms with Crippen LogP contribution < -0.4 is 10.6 Å². The highest BCUT2D eigenvalue weighted by Crippen LogP contribution is 2.13. The quantitative estimate of drug-likeness (QED) is 0.636. The number of piperazine rings is 1. The molecule has 0 radical (unpaired) electrons. The first-order chi connectivity index (χ1) is 13.0. The van der Waals surface area contributed by atoms with E-state index < -0.39 is 6.04 Å². The predicted molar refractivity (Wildman–Crippen MR) is 128 cm³/mol. The Morgan fingerprint density at radius 2 is 1.63 bits per heavy atom. The van der Waals surface area contributed by atoms with Crippen LogP contribution >= 0.6 is 37.2 Å². The van der Waals surface area contributed by atoms with Gasteiger partial charge >= 0.3 is 0 Å². The molecule has 0 spiro atoms. The van der Waals surface area contributed by atoms with Crippen LogP contribution in [0, 0.1) is 0 Å². The molecule has 10 heteroatoms. The molecule has 0 bridgehead atoms. The number of benzene rings is 1. The van der Waals surface area contributed by atoms with Gasteiger partial charge in [-0.1, -0.05) is 24.3 Å². The van der Waals surface area contributed by atoms with Crippen LogP contribution in [0.3, 0.4) is 0 Å². The monoisotopic (exact) mass is 478 g/mol. The van der Waals surface area contributed by atoms with Crippen molar-refractivity contribution in [2.24, 2.45) is 7.05 Å². The second-order valence-electron chi connectivity index (χ2n) is 7.28. The first-order valence-electron chi connectivity index (χ1n) is 9.47. The van der Waals surface area contributed by atoms with Gasteiger partial charge in [-0.3, -0.25) is 14.4 Å². The zero-order chi connectivity index (χ0) is 19.2. The van der Waals surface area contributed by atoms with Crippen LogP contribution in [0.1, 0.15) is 22.7 Å². The van der Waals surface area contributed by atoms with E-state index in [-0.39, 0.29) is 43.1 Å². The van der Waals surface area contributed by atoms with Crippen molar-refractivity contribution < 1.29 is 4.79 Å². The van der Waals surface area contributed by atoms with Gasteiger partial charge in [0.25, 0.3) is 0 Å². The molecule has 1 unspecified atom stereocenters. The van der Waals surface area contributed by atoms with Gasteiger partial charge in [0.15, 0.2) is 0 Å². The summed E-state index contributed by atoms with van der Waals surface area (Å²) in [6, 6.07) is 8.14. The largest absolute Gasteiger partial charge is 0.350 e. The van der Waals surface area contributed by atoms with Gasteiger partial charge in [-0.15, -0.1) is 37.2 Å². The summed E-state index contributed by atoms with van der Waals surface area (Å²) in [5, 5.41) is 10.2. The Morgan fingerprint density at radius 3 is 2.17 bits per heavy atom. The second kappa shape index (κ2) is 13.9. The number of likely N-dealkylation sites (N-methyl/N-ethyl adjacent to an activating group) is 2. The number of amides is 1. The van der Waals surface area contributed by atoms with Crippen molar-refractivity contribution in [3.63, 3.8) is 0 Å². The predicted octanol–water partition coefficient (Wildman–Crippen LogP) is 2.01. The van der Waals surface area contributed by atoms with Gasteiger partial charge in [0, 0.05) is 58.1 Å². The van der Waals surface area contributed by atoms with E-state index in [1.165, 1.54) is 5.56 Å². The lowest BCUT2D eigenvalue weighted by Crippen LogP contribution is -2.43. The smallest absolute Gasteiger partial charge is 0.242 e. The van der Waals surface area contributed by atoms with Gasteiger partial charge < -0.3 is 15.5 Å². The Bertz CT molecular complexity index is 747. The first kappa shape index (κ1) is 28.6. The zero-order valence-electron chi connectivity index (χ0n) is 17.7. The molecule has 170 valence electrons. The fourth-order valence-corrected chi connectivity index (χ4v) is 3.36. The summed E-state index contributed by atoms with van der Waals surface area (Å²) in [7, 11) is 5.80. The second-order valence-corrected chi connectivity index (χ2v) is 7.28. The molecule has 2 aromatic rings. The molecule has 1 saturated heterocycles. The molecular formula is C20H33Cl3N6O. The van der Waals surface area contributed by atoms with E-state index in [0.29, 0.717) is 6.54 Å². The van der Waals surface area contributed by atoms with Crippen LogP contribution in [-0.4, -0.2) is 65.8 Å². The minimum atomic E-state index is -0.393. The molecule has 1 aliphatic rings. The lowest BCUT2D eigenvalue weighted by molar-refractivity contribution is -0.123. The van der Waals surface area contributed by atoms with Crippen molar-refractivity contribution in [3.05, 3.63) is 53.3 Å². The van der Waals surface area contributed by atoms with E-state index in [1.807, 2.05) is 13.2 Å². The molecule has 1 aromatic carbocycles. The van der Waals surface area contributed by atoms with Crippen LogP contribution in [0.25, 0.3) is 0 Å². The number of aryl methyl sites for hydroxylation is 1. The molecule has 1 fully saturated rings. The van der Waals surface area contributed by atoms with Gasteiger partial charge in [0.05, 0.1) is 6.20 Å². The summed E-state index contributed by atoms with van der Waals surface area (Å²) in [5.74, 6) is -0.0491. The Labute approximate surface area is 197 Å². The van der Waals surface area contributed by atoms with Crippen molar-refractivity contribution in [1.29, 1.82) is 0 Å². The normalized spacial score (nSPS) is 15.3. The number of carbonyl (C=O) groups is 1. The topological polar surface area (TPSA) is 65.4 Å². The summed E-state index contributed by atoms with van der Waals surface area (Å²) in [5.41, 5.74) is 3.28. The summed E-state index contributed by atoms with van der Waals surface area (Å²) in [6.45, 7) is 6.01. The van der Waals surface area contributed by atoms with Crippen LogP contribution in [-0.2, 0) is 24.9 Å². The average molecular weight is 480 g/mol. The SMILES string of the molecule is CNC(C(=O)NCc1ccc(CN2CCN(C)CC2)cc1)c1cnn(C)c1.Cl.Cl.Cl. The van der Waals surface area contributed by atoms with E-state index >= 15 is 0 Å². The Kier molecular flexibility index (Phi) is 13.2. The van der Waals surface area contributed by atoms with Crippen molar-refractivity contribution in [1.82, 2.24) is 30.2 Å². The molecule has 0 aliphatic carbocycles. The maximum atomic E-state index is 12.5. The van der Waals surface area contributed by atoms with Gasteiger partial charge in [-0.05, 0) is 25.2 Å². The third-order valence-electron chi connectivity index (χ3n) is 5.10. The van der Waals surface area contributed by atoms with Crippen molar-refractivity contribution >= 4 is 43.1 Å². The maximum absolute atomic E-state index is 12.5. The Balaban J connectivity index is 0.00000280. The molecule has 3 rings (SSSR count). The third kappa shape index (κ3) is 8.06. The molecule has 30 heavy (non-hydrogen) atoms. The molecule has 1 aromatic heterocycles. The standard InChI is InChI=1S/C20H30N6O.3ClH/c1-21-19(18-13-23-25(3)15-18)20(27)22-12-16-4-6-17(7-5-16)14-26-10-8-24(2)9-11-26;;;/h4-7,13,15,19,21H,8-12,14H2,1-3H3,(H,22,27);3*1H. The molecular weight excluding hydrogens is 447 g/mol. The number of hydrogen-bond acceptors (Lipinski definition) is 5. The number of halogens is 3. The summed E-state index contributed by atoms with van der Waals surface area (Å²) >= 11 is 0.